The molecule has 32 heavy (non-hydrogen) atoms. The van der Waals surface area contributed by atoms with Gasteiger partial charge in [-0.15, -0.1) is 0 Å². The molecule has 6 heteroatoms. The number of hydrogen-bond acceptors (Lipinski definition) is 4. The van der Waals surface area contributed by atoms with Crippen LogP contribution in [0.5, 0.6) is 5.75 Å². The van der Waals surface area contributed by atoms with Crippen molar-refractivity contribution in [2.45, 2.75) is 0 Å². The van der Waals surface area contributed by atoms with Crippen molar-refractivity contribution >= 4 is 11.8 Å². The van der Waals surface area contributed by atoms with Gasteiger partial charge in [0, 0.05) is 43.5 Å². The zero-order valence-corrected chi connectivity index (χ0v) is 17.8. The summed E-state index contributed by atoms with van der Waals surface area (Å²) < 4.78 is 5.40. The summed E-state index contributed by atoms with van der Waals surface area (Å²) in [6, 6.07) is 20.0. The standard InChI is InChI=1S/C26H23N3O3/c1-32-24-13-11-22(19-21(24)10-12-23-9-5-6-14-27-23)26(31)29-17-15-28(16-18-29)25(30)20-7-3-2-4-8-20/h2-9,11,13-14,19H,15-18H2,1H3. The monoisotopic (exact) mass is 425 g/mol. The summed E-state index contributed by atoms with van der Waals surface area (Å²) in [6.45, 7) is 1.97. The molecule has 1 fully saturated rings. The van der Waals surface area contributed by atoms with Gasteiger partial charge in [0.15, 0.2) is 0 Å². The number of pyridine rings is 1. The minimum Gasteiger partial charge on any atom is -0.495 e. The van der Waals surface area contributed by atoms with Crippen LogP contribution in [-0.2, 0) is 0 Å². The maximum Gasteiger partial charge on any atom is 0.254 e. The fourth-order valence-corrected chi connectivity index (χ4v) is 3.57. The lowest BCUT2D eigenvalue weighted by atomic mass is 10.1. The molecule has 3 aromatic rings. The average Bonchev–Trinajstić information content (AvgIpc) is 2.87. The fraction of sp³-hybridized carbons (Fsp3) is 0.192. The van der Waals surface area contributed by atoms with Crippen LogP contribution in [0.15, 0.2) is 72.9 Å². The lowest BCUT2D eigenvalue weighted by Crippen LogP contribution is -2.50. The Hall–Kier alpha value is -4.11. The average molecular weight is 425 g/mol. The third kappa shape index (κ3) is 4.79. The lowest BCUT2D eigenvalue weighted by Gasteiger charge is -2.35. The second-order valence-corrected chi connectivity index (χ2v) is 7.33. The van der Waals surface area contributed by atoms with Crippen LogP contribution in [0.3, 0.4) is 0 Å². The Bertz CT molecular complexity index is 1160. The molecular formula is C26H23N3O3. The van der Waals surface area contributed by atoms with E-state index in [0.717, 1.165) is 0 Å². The molecule has 0 radical (unpaired) electrons. The number of amides is 2. The second-order valence-electron chi connectivity index (χ2n) is 7.33. The zero-order valence-electron chi connectivity index (χ0n) is 17.8. The molecule has 4 rings (SSSR count). The van der Waals surface area contributed by atoms with E-state index in [0.29, 0.717) is 54.3 Å². The Kier molecular flexibility index (Phi) is 6.47. The molecule has 0 saturated carbocycles. The topological polar surface area (TPSA) is 62.7 Å². The molecule has 0 atom stereocenters. The Balaban J connectivity index is 1.46. The van der Waals surface area contributed by atoms with E-state index in [4.69, 9.17) is 4.74 Å². The van der Waals surface area contributed by atoms with Crippen LogP contribution in [0.4, 0.5) is 0 Å². The number of piperazine rings is 1. The molecule has 1 aliphatic heterocycles. The Labute approximate surface area is 187 Å². The van der Waals surface area contributed by atoms with Crippen LogP contribution in [0.1, 0.15) is 32.0 Å². The van der Waals surface area contributed by atoms with Gasteiger partial charge < -0.3 is 14.5 Å². The largest absolute Gasteiger partial charge is 0.495 e. The first-order valence-corrected chi connectivity index (χ1v) is 10.4. The van der Waals surface area contributed by atoms with Crippen molar-refractivity contribution in [3.8, 4) is 17.6 Å². The molecule has 0 bridgehead atoms. The highest BCUT2D eigenvalue weighted by atomic mass is 16.5. The third-order valence-corrected chi connectivity index (χ3v) is 5.31. The van der Waals surface area contributed by atoms with Crippen molar-refractivity contribution in [1.82, 2.24) is 14.8 Å². The van der Waals surface area contributed by atoms with E-state index in [-0.39, 0.29) is 11.8 Å². The second kappa shape index (κ2) is 9.80. The number of methoxy groups -OCH3 is 1. The summed E-state index contributed by atoms with van der Waals surface area (Å²) in [5, 5.41) is 0. The van der Waals surface area contributed by atoms with Crippen molar-refractivity contribution in [3.63, 3.8) is 0 Å². The van der Waals surface area contributed by atoms with Gasteiger partial charge in [-0.05, 0) is 48.4 Å². The molecule has 1 aliphatic rings. The highest BCUT2D eigenvalue weighted by Crippen LogP contribution is 2.21. The number of carbonyl (C=O) groups excluding carboxylic acids is 2. The molecule has 1 saturated heterocycles. The molecule has 0 N–H and O–H groups in total. The summed E-state index contributed by atoms with van der Waals surface area (Å²) in [5.74, 6) is 6.57. The van der Waals surface area contributed by atoms with Crippen LogP contribution in [0.2, 0.25) is 0 Å². The van der Waals surface area contributed by atoms with E-state index in [1.54, 1.807) is 41.3 Å². The van der Waals surface area contributed by atoms with Crippen molar-refractivity contribution in [2.24, 2.45) is 0 Å². The molecule has 0 aliphatic carbocycles. The molecule has 2 heterocycles. The molecule has 0 spiro atoms. The van der Waals surface area contributed by atoms with Gasteiger partial charge in [-0.1, -0.05) is 30.2 Å². The van der Waals surface area contributed by atoms with Crippen LogP contribution in [0, 0.1) is 11.8 Å². The van der Waals surface area contributed by atoms with Crippen LogP contribution in [-0.4, -0.2) is 59.9 Å². The fourth-order valence-electron chi connectivity index (χ4n) is 3.57. The highest BCUT2D eigenvalue weighted by Gasteiger charge is 2.25. The number of nitrogens with zero attached hydrogens (tertiary/aromatic N) is 3. The first-order valence-electron chi connectivity index (χ1n) is 10.4. The summed E-state index contributed by atoms with van der Waals surface area (Å²) >= 11 is 0. The number of ether oxygens (including phenoxy) is 1. The summed E-state index contributed by atoms with van der Waals surface area (Å²) in [5.41, 5.74) is 2.48. The maximum atomic E-state index is 13.1. The maximum absolute atomic E-state index is 13.1. The van der Waals surface area contributed by atoms with Gasteiger partial charge in [0.2, 0.25) is 0 Å². The predicted octanol–water partition coefficient (Wildman–Crippen LogP) is 3.09. The first-order chi connectivity index (χ1) is 15.7. The van der Waals surface area contributed by atoms with Crippen LogP contribution < -0.4 is 4.74 Å². The summed E-state index contributed by atoms with van der Waals surface area (Å²) in [4.78, 5) is 33.5. The zero-order chi connectivity index (χ0) is 22.3. The minimum atomic E-state index is -0.0830. The van der Waals surface area contributed by atoms with Crippen LogP contribution in [0.25, 0.3) is 0 Å². The summed E-state index contributed by atoms with van der Waals surface area (Å²) in [7, 11) is 1.58. The SMILES string of the molecule is COc1ccc(C(=O)N2CCN(C(=O)c3ccccc3)CC2)cc1C#Cc1ccccn1. The van der Waals surface area contributed by atoms with Crippen molar-refractivity contribution < 1.29 is 14.3 Å². The third-order valence-electron chi connectivity index (χ3n) is 5.31. The number of hydrogen-bond donors (Lipinski definition) is 0. The summed E-state index contributed by atoms with van der Waals surface area (Å²) in [6.07, 6.45) is 1.68. The van der Waals surface area contributed by atoms with E-state index in [1.807, 2.05) is 48.5 Å². The Morgan fingerprint density at radius 2 is 1.47 bits per heavy atom. The predicted molar refractivity (Wildman–Crippen MR) is 121 cm³/mol. The smallest absolute Gasteiger partial charge is 0.254 e. The van der Waals surface area contributed by atoms with E-state index < -0.39 is 0 Å². The molecule has 2 aromatic carbocycles. The van der Waals surface area contributed by atoms with Gasteiger partial charge in [-0.3, -0.25) is 9.59 Å². The normalized spacial score (nSPS) is 13.2. The number of aromatic nitrogens is 1. The molecular weight excluding hydrogens is 402 g/mol. The van der Waals surface area contributed by atoms with Gasteiger partial charge in [-0.25, -0.2) is 4.98 Å². The molecule has 6 nitrogen and oxygen atoms in total. The van der Waals surface area contributed by atoms with Crippen molar-refractivity contribution in [1.29, 1.82) is 0 Å². The quantitative estimate of drug-likeness (QED) is 0.605. The van der Waals surface area contributed by atoms with E-state index in [2.05, 4.69) is 16.8 Å². The van der Waals surface area contributed by atoms with E-state index in [9.17, 15) is 9.59 Å². The molecule has 0 unspecified atom stereocenters. The number of benzene rings is 2. The highest BCUT2D eigenvalue weighted by molar-refractivity contribution is 5.96. The van der Waals surface area contributed by atoms with E-state index >= 15 is 0 Å². The number of carbonyl (C=O) groups is 2. The number of rotatable bonds is 3. The van der Waals surface area contributed by atoms with Gasteiger partial charge in [0.1, 0.15) is 11.4 Å². The Morgan fingerprint density at radius 3 is 2.09 bits per heavy atom. The lowest BCUT2D eigenvalue weighted by molar-refractivity contribution is 0.0535. The van der Waals surface area contributed by atoms with Gasteiger partial charge in [0.25, 0.3) is 11.8 Å². The Morgan fingerprint density at radius 1 is 0.812 bits per heavy atom. The van der Waals surface area contributed by atoms with Crippen LogP contribution >= 0.6 is 0 Å². The van der Waals surface area contributed by atoms with Gasteiger partial charge in [0.05, 0.1) is 12.7 Å². The van der Waals surface area contributed by atoms with Gasteiger partial charge in [-0.2, -0.15) is 0 Å². The molecule has 1 aromatic heterocycles. The molecule has 2 amide bonds. The van der Waals surface area contributed by atoms with Crippen molar-refractivity contribution in [3.05, 3.63) is 95.3 Å². The molecule has 160 valence electrons. The van der Waals surface area contributed by atoms with Crippen molar-refractivity contribution in [2.75, 3.05) is 33.3 Å². The van der Waals surface area contributed by atoms with E-state index in [1.165, 1.54) is 0 Å². The van der Waals surface area contributed by atoms with Gasteiger partial charge >= 0.3 is 0 Å². The first kappa shape index (κ1) is 21.1. The minimum absolute atomic E-state index is 0.00534.